The standard InChI is InChI=1S/C14H14N4/c1-10-2-7-13(16)14(17-10)18-12-5-3-11(4-6-12)8-9-15/h2-7H,8,16H2,1H3,(H,17,18). The van der Waals surface area contributed by atoms with Crippen molar-refractivity contribution in [2.75, 3.05) is 11.1 Å². The number of hydrogen-bond donors (Lipinski definition) is 2. The fraction of sp³-hybridized carbons (Fsp3) is 0.143. The molecule has 2 aromatic rings. The van der Waals surface area contributed by atoms with Crippen molar-refractivity contribution in [3.63, 3.8) is 0 Å². The first-order valence-electron chi connectivity index (χ1n) is 5.65. The summed E-state index contributed by atoms with van der Waals surface area (Å²) in [4.78, 5) is 4.34. The zero-order valence-electron chi connectivity index (χ0n) is 10.1. The molecule has 4 nitrogen and oxygen atoms in total. The molecular weight excluding hydrogens is 224 g/mol. The first kappa shape index (κ1) is 11.9. The second kappa shape index (κ2) is 5.19. The molecule has 0 fully saturated rings. The van der Waals surface area contributed by atoms with E-state index >= 15 is 0 Å². The Kier molecular flexibility index (Phi) is 3.44. The highest BCUT2D eigenvalue weighted by atomic mass is 15.0. The summed E-state index contributed by atoms with van der Waals surface area (Å²) in [5.74, 6) is 0.656. The number of nitrogens with one attached hydrogen (secondary N) is 1. The summed E-state index contributed by atoms with van der Waals surface area (Å²) in [6.45, 7) is 1.92. The van der Waals surface area contributed by atoms with Crippen LogP contribution in [0.3, 0.4) is 0 Å². The Morgan fingerprint density at radius 2 is 1.94 bits per heavy atom. The van der Waals surface area contributed by atoms with Crippen molar-refractivity contribution in [2.24, 2.45) is 0 Å². The number of hydrogen-bond acceptors (Lipinski definition) is 4. The van der Waals surface area contributed by atoms with Gasteiger partial charge in [0.2, 0.25) is 0 Å². The maximum atomic E-state index is 8.60. The molecule has 0 radical (unpaired) electrons. The molecule has 1 aromatic heterocycles. The van der Waals surface area contributed by atoms with E-state index in [2.05, 4.69) is 16.4 Å². The summed E-state index contributed by atoms with van der Waals surface area (Å²) < 4.78 is 0. The predicted octanol–water partition coefficient (Wildman–Crippen LogP) is 2.78. The van der Waals surface area contributed by atoms with Gasteiger partial charge in [-0.1, -0.05) is 12.1 Å². The summed E-state index contributed by atoms with van der Waals surface area (Å²) in [7, 11) is 0. The van der Waals surface area contributed by atoms with Crippen LogP contribution in [0.4, 0.5) is 17.2 Å². The van der Waals surface area contributed by atoms with Crippen LogP contribution < -0.4 is 11.1 Å². The molecular formula is C14H14N4. The summed E-state index contributed by atoms with van der Waals surface area (Å²) in [6.07, 6.45) is 0.422. The highest BCUT2D eigenvalue weighted by Gasteiger charge is 2.02. The van der Waals surface area contributed by atoms with E-state index in [0.717, 1.165) is 16.9 Å². The summed E-state index contributed by atoms with van der Waals surface area (Å²) in [5.41, 5.74) is 9.27. The Balaban J connectivity index is 2.18. The maximum Gasteiger partial charge on any atom is 0.153 e. The molecule has 0 unspecified atom stereocenters. The van der Waals surface area contributed by atoms with Crippen LogP contribution in [0.25, 0.3) is 0 Å². The van der Waals surface area contributed by atoms with Gasteiger partial charge in [-0.25, -0.2) is 4.98 Å². The first-order valence-corrected chi connectivity index (χ1v) is 5.65. The molecule has 0 aliphatic rings. The van der Waals surface area contributed by atoms with E-state index in [1.807, 2.05) is 43.3 Å². The van der Waals surface area contributed by atoms with E-state index in [-0.39, 0.29) is 0 Å². The van der Waals surface area contributed by atoms with E-state index in [4.69, 9.17) is 11.0 Å². The Labute approximate surface area is 106 Å². The molecule has 0 saturated heterocycles. The fourth-order valence-corrected chi connectivity index (χ4v) is 1.60. The van der Waals surface area contributed by atoms with Crippen molar-refractivity contribution < 1.29 is 0 Å². The second-order valence-corrected chi connectivity index (χ2v) is 4.05. The zero-order valence-corrected chi connectivity index (χ0v) is 10.1. The van der Waals surface area contributed by atoms with E-state index < -0.39 is 0 Å². The smallest absolute Gasteiger partial charge is 0.153 e. The van der Waals surface area contributed by atoms with Gasteiger partial charge in [0, 0.05) is 11.4 Å². The number of nitrogens with two attached hydrogens (primary N) is 1. The fourth-order valence-electron chi connectivity index (χ4n) is 1.60. The lowest BCUT2D eigenvalue weighted by Crippen LogP contribution is -2.00. The van der Waals surface area contributed by atoms with Crippen molar-refractivity contribution in [3.05, 3.63) is 47.7 Å². The topological polar surface area (TPSA) is 74.7 Å². The van der Waals surface area contributed by atoms with E-state index in [0.29, 0.717) is 17.9 Å². The predicted molar refractivity (Wildman–Crippen MR) is 72.4 cm³/mol. The lowest BCUT2D eigenvalue weighted by molar-refractivity contribution is 1.20. The molecule has 4 heteroatoms. The van der Waals surface area contributed by atoms with Crippen LogP contribution >= 0.6 is 0 Å². The monoisotopic (exact) mass is 238 g/mol. The molecule has 0 amide bonds. The zero-order chi connectivity index (χ0) is 13.0. The van der Waals surface area contributed by atoms with Gasteiger partial charge in [0.05, 0.1) is 18.2 Å². The highest BCUT2D eigenvalue weighted by molar-refractivity contribution is 5.68. The quantitative estimate of drug-likeness (QED) is 0.862. The maximum absolute atomic E-state index is 8.60. The SMILES string of the molecule is Cc1ccc(N)c(Nc2ccc(CC#N)cc2)n1. The Morgan fingerprint density at radius 3 is 2.61 bits per heavy atom. The molecule has 90 valence electrons. The van der Waals surface area contributed by atoms with Gasteiger partial charge < -0.3 is 11.1 Å². The van der Waals surface area contributed by atoms with Gasteiger partial charge in [-0.2, -0.15) is 5.26 Å². The van der Waals surface area contributed by atoms with Crippen LogP contribution in [0, 0.1) is 18.3 Å². The number of nitrogen functional groups attached to an aromatic ring is 1. The van der Waals surface area contributed by atoms with Crippen molar-refractivity contribution in [2.45, 2.75) is 13.3 Å². The molecule has 0 spiro atoms. The minimum atomic E-state index is 0.422. The largest absolute Gasteiger partial charge is 0.396 e. The van der Waals surface area contributed by atoms with Gasteiger partial charge in [-0.05, 0) is 36.8 Å². The van der Waals surface area contributed by atoms with Crippen LogP contribution in [0.1, 0.15) is 11.3 Å². The Morgan fingerprint density at radius 1 is 1.22 bits per heavy atom. The van der Waals surface area contributed by atoms with Crippen molar-refractivity contribution in [1.82, 2.24) is 4.98 Å². The van der Waals surface area contributed by atoms with Crippen molar-refractivity contribution in [3.8, 4) is 6.07 Å². The van der Waals surface area contributed by atoms with E-state index in [1.165, 1.54) is 0 Å². The van der Waals surface area contributed by atoms with Gasteiger partial charge in [0.25, 0.3) is 0 Å². The Hall–Kier alpha value is -2.54. The summed E-state index contributed by atoms with van der Waals surface area (Å²) in [5, 5.41) is 11.8. The number of benzene rings is 1. The molecule has 0 saturated carbocycles. The molecule has 2 rings (SSSR count). The molecule has 18 heavy (non-hydrogen) atoms. The van der Waals surface area contributed by atoms with E-state index in [9.17, 15) is 0 Å². The van der Waals surface area contributed by atoms with Gasteiger partial charge >= 0.3 is 0 Å². The lowest BCUT2D eigenvalue weighted by Gasteiger charge is -2.09. The molecule has 0 aliphatic heterocycles. The minimum absolute atomic E-state index is 0.422. The number of pyridine rings is 1. The average Bonchev–Trinajstić information content (AvgIpc) is 2.37. The van der Waals surface area contributed by atoms with Crippen LogP contribution in [0.5, 0.6) is 0 Å². The van der Waals surface area contributed by atoms with Gasteiger partial charge in [0.1, 0.15) is 0 Å². The third-order valence-corrected chi connectivity index (χ3v) is 2.57. The first-order chi connectivity index (χ1) is 8.69. The minimum Gasteiger partial charge on any atom is -0.396 e. The summed E-state index contributed by atoms with van der Waals surface area (Å²) >= 11 is 0. The average molecular weight is 238 g/mol. The second-order valence-electron chi connectivity index (χ2n) is 4.05. The van der Waals surface area contributed by atoms with Crippen LogP contribution in [-0.2, 0) is 6.42 Å². The van der Waals surface area contributed by atoms with Crippen LogP contribution in [-0.4, -0.2) is 4.98 Å². The van der Waals surface area contributed by atoms with Gasteiger partial charge in [0.15, 0.2) is 5.82 Å². The normalized spacial score (nSPS) is 9.78. The highest BCUT2D eigenvalue weighted by Crippen LogP contribution is 2.21. The third-order valence-electron chi connectivity index (χ3n) is 2.57. The molecule has 0 bridgehead atoms. The lowest BCUT2D eigenvalue weighted by atomic mass is 10.1. The number of nitrogens with zero attached hydrogens (tertiary/aromatic N) is 2. The number of nitriles is 1. The summed E-state index contributed by atoms with van der Waals surface area (Å²) in [6, 6.07) is 13.5. The molecule has 1 aromatic carbocycles. The van der Waals surface area contributed by atoms with Crippen LogP contribution in [0.15, 0.2) is 36.4 Å². The van der Waals surface area contributed by atoms with E-state index in [1.54, 1.807) is 0 Å². The van der Waals surface area contributed by atoms with Gasteiger partial charge in [-0.15, -0.1) is 0 Å². The van der Waals surface area contributed by atoms with Gasteiger partial charge in [-0.3, -0.25) is 0 Å². The number of aromatic nitrogens is 1. The van der Waals surface area contributed by atoms with Crippen molar-refractivity contribution in [1.29, 1.82) is 5.26 Å². The number of aryl methyl sites for hydroxylation is 1. The van der Waals surface area contributed by atoms with Crippen LogP contribution in [0.2, 0.25) is 0 Å². The molecule has 0 aliphatic carbocycles. The number of rotatable bonds is 3. The Bertz CT molecular complexity index is 582. The molecule has 3 N–H and O–H groups in total. The molecule has 1 heterocycles. The molecule has 0 atom stereocenters. The number of anilines is 3. The van der Waals surface area contributed by atoms with Crippen molar-refractivity contribution >= 4 is 17.2 Å². The third kappa shape index (κ3) is 2.77.